The average molecular weight is 235 g/mol. The predicted octanol–water partition coefficient (Wildman–Crippen LogP) is -3.15. The minimum absolute atomic E-state index is 0.500. The van der Waals surface area contributed by atoms with Crippen LogP contribution in [0, 0.1) is 0 Å². The van der Waals surface area contributed by atoms with Gasteiger partial charge >= 0.3 is 11.9 Å². The minimum Gasteiger partial charge on any atom is -0.480 e. The SMILES string of the molecule is NC(=O)C[C@H](NN[C@@H](CO)C(=O)O)C(=O)O. The van der Waals surface area contributed by atoms with Gasteiger partial charge in [0.05, 0.1) is 13.0 Å². The first kappa shape index (κ1) is 14.3. The molecule has 0 saturated carbocycles. The number of hydrogen-bond donors (Lipinski definition) is 6. The van der Waals surface area contributed by atoms with Crippen molar-refractivity contribution < 1.29 is 29.7 Å². The summed E-state index contributed by atoms with van der Waals surface area (Å²) in [7, 11) is 0. The number of carbonyl (C=O) groups excluding carboxylic acids is 1. The lowest BCUT2D eigenvalue weighted by Gasteiger charge is -2.17. The van der Waals surface area contributed by atoms with Gasteiger partial charge in [0.1, 0.15) is 12.1 Å². The van der Waals surface area contributed by atoms with Gasteiger partial charge in [-0.15, -0.1) is 0 Å². The average Bonchev–Trinajstić information content (AvgIpc) is 2.15. The molecule has 0 aromatic heterocycles. The molecule has 92 valence electrons. The Kier molecular flexibility index (Phi) is 6.00. The number of nitrogens with two attached hydrogens (primary N) is 1. The highest BCUT2D eigenvalue weighted by atomic mass is 16.4. The highest BCUT2D eigenvalue weighted by Gasteiger charge is 2.22. The van der Waals surface area contributed by atoms with Crippen molar-refractivity contribution in [2.24, 2.45) is 5.73 Å². The third-order valence-corrected chi connectivity index (χ3v) is 1.62. The summed E-state index contributed by atoms with van der Waals surface area (Å²) in [5.74, 6) is -3.58. The summed E-state index contributed by atoms with van der Waals surface area (Å²) >= 11 is 0. The van der Waals surface area contributed by atoms with Gasteiger partial charge in [0.15, 0.2) is 0 Å². The number of rotatable bonds is 8. The molecule has 0 radical (unpaired) electrons. The van der Waals surface area contributed by atoms with Crippen LogP contribution < -0.4 is 16.6 Å². The van der Waals surface area contributed by atoms with E-state index in [1.54, 1.807) is 0 Å². The van der Waals surface area contributed by atoms with Crippen LogP contribution in [-0.4, -0.2) is 51.9 Å². The van der Waals surface area contributed by atoms with Crippen molar-refractivity contribution in [3.8, 4) is 0 Å². The van der Waals surface area contributed by atoms with Gasteiger partial charge in [0, 0.05) is 0 Å². The second kappa shape index (κ2) is 6.71. The number of carbonyl (C=O) groups is 3. The molecule has 0 aliphatic rings. The fourth-order valence-electron chi connectivity index (χ4n) is 0.788. The molecule has 0 aromatic rings. The van der Waals surface area contributed by atoms with E-state index < -0.39 is 43.0 Å². The maximum Gasteiger partial charge on any atom is 0.324 e. The number of aliphatic carboxylic acids is 2. The Morgan fingerprint density at radius 2 is 1.50 bits per heavy atom. The van der Waals surface area contributed by atoms with E-state index in [-0.39, 0.29) is 0 Å². The van der Waals surface area contributed by atoms with Gasteiger partial charge in [-0.3, -0.25) is 14.4 Å². The van der Waals surface area contributed by atoms with Gasteiger partial charge in [-0.2, -0.15) is 0 Å². The number of hydrazine groups is 1. The van der Waals surface area contributed by atoms with Crippen LogP contribution in [-0.2, 0) is 14.4 Å². The number of nitrogens with one attached hydrogen (secondary N) is 2. The molecular formula is C7H13N3O6. The first-order valence-corrected chi connectivity index (χ1v) is 4.24. The molecule has 9 heteroatoms. The standard InChI is InChI=1S/C7H13N3O6/c8-5(12)1-3(6(13)14)9-10-4(2-11)7(15)16/h3-4,9-11H,1-2H2,(H2,8,12)(H,13,14)(H,15,16)/t3-,4-/m0/s1. The van der Waals surface area contributed by atoms with Crippen LogP contribution in [0.4, 0.5) is 0 Å². The third-order valence-electron chi connectivity index (χ3n) is 1.62. The van der Waals surface area contributed by atoms with E-state index >= 15 is 0 Å². The molecule has 2 atom stereocenters. The summed E-state index contributed by atoms with van der Waals surface area (Å²) in [6.07, 6.45) is -0.500. The lowest BCUT2D eigenvalue weighted by molar-refractivity contribution is -0.144. The van der Waals surface area contributed by atoms with Crippen LogP contribution in [0.2, 0.25) is 0 Å². The molecule has 0 heterocycles. The zero-order valence-electron chi connectivity index (χ0n) is 8.21. The smallest absolute Gasteiger partial charge is 0.324 e. The van der Waals surface area contributed by atoms with E-state index in [4.69, 9.17) is 21.1 Å². The van der Waals surface area contributed by atoms with Gasteiger partial charge in [-0.25, -0.2) is 10.9 Å². The highest BCUT2D eigenvalue weighted by Crippen LogP contribution is 1.90. The van der Waals surface area contributed by atoms with Crippen LogP contribution in [0.15, 0.2) is 0 Å². The normalized spacial score (nSPS) is 14.1. The zero-order chi connectivity index (χ0) is 12.7. The Labute approximate surface area is 90.2 Å². The second-order valence-corrected chi connectivity index (χ2v) is 2.92. The molecular weight excluding hydrogens is 222 g/mol. The van der Waals surface area contributed by atoms with Crippen molar-refractivity contribution >= 4 is 17.8 Å². The minimum atomic E-state index is -1.37. The molecule has 0 rings (SSSR count). The zero-order valence-corrected chi connectivity index (χ0v) is 8.21. The van der Waals surface area contributed by atoms with Crippen molar-refractivity contribution in [2.45, 2.75) is 18.5 Å². The van der Waals surface area contributed by atoms with E-state index in [0.717, 1.165) is 0 Å². The van der Waals surface area contributed by atoms with Crippen molar-refractivity contribution in [1.82, 2.24) is 10.9 Å². The monoisotopic (exact) mass is 235 g/mol. The molecule has 0 spiro atoms. The number of aliphatic hydroxyl groups excluding tert-OH is 1. The molecule has 0 saturated heterocycles. The number of carboxylic acids is 2. The third kappa shape index (κ3) is 5.24. The van der Waals surface area contributed by atoms with E-state index in [1.807, 2.05) is 0 Å². The van der Waals surface area contributed by atoms with Crippen molar-refractivity contribution in [1.29, 1.82) is 0 Å². The number of primary amides is 1. The molecule has 0 fully saturated rings. The van der Waals surface area contributed by atoms with Gasteiger partial charge in [0.25, 0.3) is 0 Å². The topological polar surface area (TPSA) is 162 Å². The maximum atomic E-state index is 10.6. The Morgan fingerprint density at radius 1 is 1.06 bits per heavy atom. The van der Waals surface area contributed by atoms with Gasteiger partial charge in [-0.05, 0) is 0 Å². The quantitative estimate of drug-likeness (QED) is 0.240. The number of amides is 1. The molecule has 0 bridgehead atoms. The Hall–Kier alpha value is -1.71. The Morgan fingerprint density at radius 3 is 1.81 bits per heavy atom. The first-order valence-electron chi connectivity index (χ1n) is 4.24. The van der Waals surface area contributed by atoms with Crippen LogP contribution in [0.5, 0.6) is 0 Å². The van der Waals surface area contributed by atoms with Crippen LogP contribution >= 0.6 is 0 Å². The van der Waals surface area contributed by atoms with Crippen LogP contribution in [0.3, 0.4) is 0 Å². The van der Waals surface area contributed by atoms with Gasteiger partial charge in [-0.1, -0.05) is 0 Å². The molecule has 0 aliphatic heterocycles. The second-order valence-electron chi connectivity index (χ2n) is 2.92. The van der Waals surface area contributed by atoms with Crippen molar-refractivity contribution in [3.05, 3.63) is 0 Å². The summed E-state index contributed by atoms with van der Waals surface area (Å²) in [5, 5.41) is 25.7. The number of aliphatic hydroxyl groups is 1. The maximum absolute atomic E-state index is 10.6. The van der Waals surface area contributed by atoms with Gasteiger partial charge in [0.2, 0.25) is 5.91 Å². The first-order chi connectivity index (χ1) is 7.38. The molecule has 0 unspecified atom stereocenters. The summed E-state index contributed by atoms with van der Waals surface area (Å²) in [5.41, 5.74) is 8.95. The number of hydrogen-bond acceptors (Lipinski definition) is 6. The van der Waals surface area contributed by atoms with Crippen molar-refractivity contribution in [2.75, 3.05) is 6.61 Å². The Bertz CT molecular complexity index is 281. The van der Waals surface area contributed by atoms with E-state index in [1.165, 1.54) is 0 Å². The van der Waals surface area contributed by atoms with Crippen molar-refractivity contribution in [3.63, 3.8) is 0 Å². The Balaban J connectivity index is 4.25. The van der Waals surface area contributed by atoms with Gasteiger partial charge < -0.3 is 21.1 Å². The van der Waals surface area contributed by atoms with E-state index in [2.05, 4.69) is 10.9 Å². The predicted molar refractivity (Wildman–Crippen MR) is 50.0 cm³/mol. The summed E-state index contributed by atoms with van der Waals surface area (Å²) in [6.45, 7) is -0.731. The fourth-order valence-corrected chi connectivity index (χ4v) is 0.788. The summed E-state index contributed by atoms with van der Waals surface area (Å²) in [4.78, 5) is 31.5. The fraction of sp³-hybridized carbons (Fsp3) is 0.571. The molecule has 0 aromatic carbocycles. The lowest BCUT2D eigenvalue weighted by atomic mass is 10.2. The summed E-state index contributed by atoms with van der Waals surface area (Å²) < 4.78 is 0. The molecule has 1 amide bonds. The molecule has 9 nitrogen and oxygen atoms in total. The van der Waals surface area contributed by atoms with E-state index in [0.29, 0.717) is 0 Å². The van der Waals surface area contributed by atoms with Crippen LogP contribution in [0.25, 0.3) is 0 Å². The largest absolute Gasteiger partial charge is 0.480 e. The van der Waals surface area contributed by atoms with E-state index in [9.17, 15) is 14.4 Å². The van der Waals surface area contributed by atoms with Crippen LogP contribution in [0.1, 0.15) is 6.42 Å². The molecule has 16 heavy (non-hydrogen) atoms. The number of carboxylic acid groups (broad SMARTS) is 2. The summed E-state index contributed by atoms with van der Waals surface area (Å²) in [6, 6.07) is -2.72. The highest BCUT2D eigenvalue weighted by molar-refractivity contribution is 5.83. The molecule has 0 aliphatic carbocycles. The molecule has 7 N–H and O–H groups in total. The lowest BCUT2D eigenvalue weighted by Crippen LogP contribution is -2.54.